The monoisotopic (exact) mass is 310 g/mol. The summed E-state index contributed by atoms with van der Waals surface area (Å²) in [6, 6.07) is 0. The summed E-state index contributed by atoms with van der Waals surface area (Å²) in [5, 5.41) is 9.25. The number of nitrogens with zero attached hydrogens (tertiary/aromatic N) is 2. The van der Waals surface area contributed by atoms with Crippen LogP contribution in [-0.2, 0) is 11.2 Å². The molecule has 0 saturated carbocycles. The van der Waals surface area contributed by atoms with Crippen LogP contribution in [0.25, 0.3) is 0 Å². The molecule has 1 heterocycles. The highest BCUT2D eigenvalue weighted by Crippen LogP contribution is 2.24. The molecule has 0 amide bonds. The fourth-order valence-electron chi connectivity index (χ4n) is 1.41. The van der Waals surface area contributed by atoms with Crippen LogP contribution >= 0.6 is 11.8 Å². The zero-order valence-electron chi connectivity index (χ0n) is 10.8. The molecule has 0 unspecified atom stereocenters. The van der Waals surface area contributed by atoms with E-state index in [1.165, 1.54) is 6.92 Å². The topological polar surface area (TPSA) is 72.3 Å². The number of hydrogen-bond donors (Lipinski definition) is 1. The van der Waals surface area contributed by atoms with E-state index in [4.69, 9.17) is 5.11 Å². The highest BCUT2D eigenvalue weighted by atomic mass is 32.2. The maximum atomic E-state index is 11.8. The van der Waals surface area contributed by atoms with Crippen LogP contribution in [0.15, 0.2) is 5.03 Å². The Morgan fingerprint density at radius 2 is 2.05 bits per heavy atom. The van der Waals surface area contributed by atoms with Crippen molar-refractivity contribution in [2.75, 3.05) is 12.4 Å². The molecule has 0 radical (unpaired) electrons. The first kappa shape index (κ1) is 16.7. The van der Waals surface area contributed by atoms with E-state index in [0.29, 0.717) is 17.9 Å². The van der Waals surface area contributed by atoms with E-state index in [1.807, 2.05) is 0 Å². The minimum atomic E-state index is -4.69. The van der Waals surface area contributed by atoms with Gasteiger partial charge in [-0.1, -0.05) is 6.92 Å². The van der Waals surface area contributed by atoms with Crippen molar-refractivity contribution in [3.8, 4) is 0 Å². The molecule has 0 aliphatic heterocycles. The molecule has 1 N–H and O–H groups in total. The molecular weight excluding hydrogens is 297 g/mol. The van der Waals surface area contributed by atoms with Gasteiger partial charge in [0.05, 0.1) is 12.3 Å². The summed E-state index contributed by atoms with van der Waals surface area (Å²) in [5.74, 6) is -0.810. The van der Waals surface area contributed by atoms with E-state index in [1.54, 1.807) is 6.92 Å². The number of carbonyl (C=O) groups is 1. The second kappa shape index (κ2) is 6.89. The minimum absolute atomic E-state index is 0.0562. The van der Waals surface area contributed by atoms with Crippen LogP contribution in [0.4, 0.5) is 13.2 Å². The van der Waals surface area contributed by atoms with Crippen molar-refractivity contribution in [3.63, 3.8) is 0 Å². The number of thioether (sulfide) groups is 1. The van der Waals surface area contributed by atoms with Crippen LogP contribution < -0.4 is 0 Å². The number of aryl methyl sites for hydroxylation is 2. The zero-order chi connectivity index (χ0) is 15.3. The molecule has 112 valence electrons. The summed E-state index contributed by atoms with van der Waals surface area (Å²) in [5.41, 5.74) is 0.211. The Morgan fingerprint density at radius 1 is 1.40 bits per heavy atom. The van der Waals surface area contributed by atoms with Crippen LogP contribution in [0.3, 0.4) is 0 Å². The minimum Gasteiger partial charge on any atom is -0.478 e. The van der Waals surface area contributed by atoms with Gasteiger partial charge in [-0.05, 0) is 6.92 Å². The Labute approximate surface area is 117 Å². The molecule has 1 aromatic heterocycles. The van der Waals surface area contributed by atoms with E-state index in [-0.39, 0.29) is 16.3 Å². The van der Waals surface area contributed by atoms with Crippen LogP contribution in [0.1, 0.15) is 28.8 Å². The predicted octanol–water partition coefficient (Wildman–Crippen LogP) is 2.67. The Morgan fingerprint density at radius 3 is 2.55 bits per heavy atom. The Hall–Kier alpha value is -1.35. The summed E-state index contributed by atoms with van der Waals surface area (Å²) in [7, 11) is 0. The van der Waals surface area contributed by atoms with E-state index in [0.717, 1.165) is 11.8 Å². The van der Waals surface area contributed by atoms with Crippen molar-refractivity contribution in [2.24, 2.45) is 0 Å². The number of hydrogen-bond acceptors (Lipinski definition) is 5. The summed E-state index contributed by atoms with van der Waals surface area (Å²) < 4.78 is 39.1. The molecule has 0 fully saturated rings. The van der Waals surface area contributed by atoms with Crippen molar-refractivity contribution in [1.82, 2.24) is 9.97 Å². The average Bonchev–Trinajstić information content (AvgIpc) is 2.32. The van der Waals surface area contributed by atoms with Gasteiger partial charge in [0, 0.05) is 12.2 Å². The number of rotatable bonds is 6. The van der Waals surface area contributed by atoms with Crippen molar-refractivity contribution < 1.29 is 27.8 Å². The van der Waals surface area contributed by atoms with Gasteiger partial charge in [0.25, 0.3) is 0 Å². The molecule has 20 heavy (non-hydrogen) atoms. The van der Waals surface area contributed by atoms with Gasteiger partial charge < -0.3 is 5.11 Å². The number of carboxylic acid groups (broad SMARTS) is 1. The predicted molar refractivity (Wildman–Crippen MR) is 65.8 cm³/mol. The van der Waals surface area contributed by atoms with Gasteiger partial charge in [0.2, 0.25) is 0 Å². The second-order valence-electron chi connectivity index (χ2n) is 3.71. The number of carboxylic acids is 1. The van der Waals surface area contributed by atoms with Crippen molar-refractivity contribution in [3.05, 3.63) is 17.1 Å². The Bertz CT molecular complexity index is 495. The maximum Gasteiger partial charge on any atom is 0.522 e. The van der Waals surface area contributed by atoms with Gasteiger partial charge in [0.15, 0.2) is 0 Å². The number of aromatic nitrogens is 2. The lowest BCUT2D eigenvalue weighted by Crippen LogP contribution is -2.15. The number of aromatic carboxylic acids is 1. The molecule has 0 saturated heterocycles. The van der Waals surface area contributed by atoms with E-state index in [2.05, 4.69) is 14.7 Å². The van der Waals surface area contributed by atoms with E-state index in [9.17, 15) is 18.0 Å². The van der Waals surface area contributed by atoms with Gasteiger partial charge in [-0.15, -0.1) is 24.9 Å². The molecule has 9 heteroatoms. The smallest absolute Gasteiger partial charge is 0.478 e. The highest BCUT2D eigenvalue weighted by Gasteiger charge is 2.28. The van der Waals surface area contributed by atoms with Gasteiger partial charge in [0.1, 0.15) is 16.4 Å². The molecule has 0 aliphatic rings. The lowest BCUT2D eigenvalue weighted by molar-refractivity contribution is -0.322. The fourth-order valence-corrected chi connectivity index (χ4v) is 2.32. The third-order valence-electron chi connectivity index (χ3n) is 2.22. The first-order chi connectivity index (χ1) is 9.24. The Kier molecular flexibility index (Phi) is 5.75. The summed E-state index contributed by atoms with van der Waals surface area (Å²) in [4.78, 5) is 19.2. The molecule has 0 spiro atoms. The lowest BCUT2D eigenvalue weighted by Gasteiger charge is -2.10. The summed E-state index contributed by atoms with van der Waals surface area (Å²) in [6.07, 6.45) is -4.18. The number of ether oxygens (including phenoxy) is 1. The number of alkyl halides is 3. The molecule has 5 nitrogen and oxygen atoms in total. The van der Waals surface area contributed by atoms with Crippen molar-refractivity contribution >= 4 is 17.7 Å². The van der Waals surface area contributed by atoms with Crippen molar-refractivity contribution in [2.45, 2.75) is 31.7 Å². The average molecular weight is 310 g/mol. The molecule has 1 aromatic rings. The highest BCUT2D eigenvalue weighted by molar-refractivity contribution is 7.99. The Balaban J connectivity index is 2.82. The normalized spacial score (nSPS) is 11.7. The molecule has 1 rings (SSSR count). The third kappa shape index (κ3) is 4.97. The van der Waals surface area contributed by atoms with Crippen LogP contribution in [0, 0.1) is 6.92 Å². The van der Waals surface area contributed by atoms with Gasteiger partial charge in [-0.2, -0.15) is 0 Å². The maximum absolute atomic E-state index is 11.8. The summed E-state index contributed by atoms with van der Waals surface area (Å²) in [6.45, 7) is 2.76. The largest absolute Gasteiger partial charge is 0.522 e. The third-order valence-corrected chi connectivity index (χ3v) is 3.16. The molecule has 0 aliphatic carbocycles. The van der Waals surface area contributed by atoms with E-state index < -0.39 is 18.9 Å². The first-order valence-corrected chi connectivity index (χ1v) is 6.67. The molecule has 0 aromatic carbocycles. The zero-order valence-corrected chi connectivity index (χ0v) is 11.6. The summed E-state index contributed by atoms with van der Waals surface area (Å²) >= 11 is 0.903. The fraction of sp³-hybridized carbons (Fsp3) is 0.545. The second-order valence-corrected chi connectivity index (χ2v) is 4.79. The van der Waals surface area contributed by atoms with Crippen molar-refractivity contribution in [1.29, 1.82) is 0 Å². The molecule has 0 bridgehead atoms. The van der Waals surface area contributed by atoms with Crippen LogP contribution in [0.2, 0.25) is 0 Å². The first-order valence-electron chi connectivity index (χ1n) is 5.69. The quantitative estimate of drug-likeness (QED) is 0.495. The molecule has 0 atom stereocenters. The number of halogens is 3. The van der Waals surface area contributed by atoms with E-state index >= 15 is 0 Å². The van der Waals surface area contributed by atoms with Gasteiger partial charge in [-0.25, -0.2) is 14.8 Å². The van der Waals surface area contributed by atoms with Gasteiger partial charge in [-0.3, -0.25) is 4.74 Å². The molecular formula is C11H13F3N2O3S. The standard InChI is InChI=1S/C11H13F3N2O3S/c1-3-7-15-6(2)8(10(17)18)9(16-7)20-5-4-19-11(12,13)14/h3-5H2,1-2H3,(H,17,18). The SMILES string of the molecule is CCc1nc(C)c(C(=O)O)c(SCCOC(F)(F)F)n1. The lowest BCUT2D eigenvalue weighted by atomic mass is 10.2. The van der Waals surface area contributed by atoms with Gasteiger partial charge >= 0.3 is 12.3 Å². The van der Waals surface area contributed by atoms with Crippen LogP contribution in [0.5, 0.6) is 0 Å². The van der Waals surface area contributed by atoms with Crippen LogP contribution in [-0.4, -0.2) is 39.8 Å².